The van der Waals surface area contributed by atoms with E-state index in [1.165, 1.54) is 16.7 Å². The minimum Gasteiger partial charge on any atom is -0.408 e. The first-order valence-electron chi connectivity index (χ1n) is 6.82. The number of hydrogen-bond acceptors (Lipinski definition) is 5. The van der Waals surface area contributed by atoms with Crippen LogP contribution in [0.4, 0.5) is 5.69 Å². The van der Waals surface area contributed by atoms with Crippen LogP contribution in [0.2, 0.25) is 0 Å². The highest BCUT2D eigenvalue weighted by Crippen LogP contribution is 2.28. The van der Waals surface area contributed by atoms with Crippen LogP contribution in [-0.4, -0.2) is 13.0 Å². The Bertz CT molecular complexity index is 1020. The van der Waals surface area contributed by atoms with Gasteiger partial charge >= 0.3 is 5.76 Å². The average molecular weight is 417 g/mol. The van der Waals surface area contributed by atoms with Crippen molar-refractivity contribution in [2.24, 2.45) is 0 Å². The number of aryl methyl sites for hydroxylation is 1. The Morgan fingerprint density at radius 1 is 1.30 bits per heavy atom. The summed E-state index contributed by atoms with van der Waals surface area (Å²) >= 11 is 4.36. The van der Waals surface area contributed by atoms with Crippen LogP contribution in [0.15, 0.2) is 47.5 Å². The predicted molar refractivity (Wildman–Crippen MR) is 93.6 cm³/mol. The van der Waals surface area contributed by atoms with Crippen molar-refractivity contribution in [1.82, 2.24) is 4.57 Å². The van der Waals surface area contributed by atoms with Crippen molar-refractivity contribution in [3.05, 3.63) is 44.7 Å². The molecule has 0 atom stereocenters. The molecule has 0 unspecified atom stereocenters. The van der Waals surface area contributed by atoms with Gasteiger partial charge in [0.05, 0.1) is 15.0 Å². The molecule has 0 saturated heterocycles. The van der Waals surface area contributed by atoms with Crippen LogP contribution in [0.1, 0.15) is 13.3 Å². The summed E-state index contributed by atoms with van der Waals surface area (Å²) in [5.74, 6) is -0.441. The predicted octanol–water partition coefficient (Wildman–Crippen LogP) is 3.63. The van der Waals surface area contributed by atoms with E-state index >= 15 is 0 Å². The van der Waals surface area contributed by atoms with Gasteiger partial charge in [-0.1, -0.05) is 6.92 Å². The smallest absolute Gasteiger partial charge is 0.408 e. The zero-order valence-corrected chi connectivity index (χ0v) is 15.3. The van der Waals surface area contributed by atoms with Crippen molar-refractivity contribution in [2.75, 3.05) is 4.72 Å². The van der Waals surface area contributed by atoms with Crippen LogP contribution in [0.3, 0.4) is 0 Å². The molecule has 0 bridgehead atoms. The molecule has 9 heteroatoms. The van der Waals surface area contributed by atoms with Gasteiger partial charge in [-0.2, -0.15) is 0 Å². The van der Waals surface area contributed by atoms with Crippen LogP contribution in [0.25, 0.3) is 11.1 Å². The molecule has 0 aliphatic heterocycles. The maximum absolute atomic E-state index is 12.3. The fourth-order valence-corrected chi connectivity index (χ4v) is 5.27. The minimum absolute atomic E-state index is 0.203. The van der Waals surface area contributed by atoms with E-state index in [-0.39, 0.29) is 4.21 Å². The topological polar surface area (TPSA) is 81.3 Å². The van der Waals surface area contributed by atoms with E-state index in [2.05, 4.69) is 20.7 Å². The van der Waals surface area contributed by atoms with Gasteiger partial charge in [-0.25, -0.2) is 13.2 Å². The summed E-state index contributed by atoms with van der Waals surface area (Å²) in [5, 5.41) is 0. The molecule has 0 aliphatic carbocycles. The molecule has 0 fully saturated rings. The van der Waals surface area contributed by atoms with Crippen molar-refractivity contribution in [3.63, 3.8) is 0 Å². The zero-order valence-electron chi connectivity index (χ0n) is 12.1. The van der Waals surface area contributed by atoms with Crippen LogP contribution in [0.5, 0.6) is 0 Å². The molecule has 0 saturated carbocycles. The third-order valence-electron chi connectivity index (χ3n) is 3.18. The third kappa shape index (κ3) is 3.22. The van der Waals surface area contributed by atoms with E-state index in [0.29, 0.717) is 23.3 Å². The number of anilines is 1. The number of sulfonamides is 1. The molecular formula is C14H13BrN2O4S2. The number of fused-ring (bicyclic) bond motifs is 1. The molecule has 3 aromatic rings. The average Bonchev–Trinajstić information content (AvgIpc) is 3.04. The van der Waals surface area contributed by atoms with Gasteiger partial charge in [0, 0.05) is 12.6 Å². The second-order valence-electron chi connectivity index (χ2n) is 4.87. The highest BCUT2D eigenvalue weighted by Gasteiger charge is 2.17. The van der Waals surface area contributed by atoms with E-state index < -0.39 is 15.8 Å². The summed E-state index contributed by atoms with van der Waals surface area (Å²) in [6.07, 6.45) is 0.802. The Balaban J connectivity index is 1.97. The van der Waals surface area contributed by atoms with Gasteiger partial charge in [0.1, 0.15) is 4.21 Å². The molecule has 23 heavy (non-hydrogen) atoms. The summed E-state index contributed by atoms with van der Waals surface area (Å²) in [4.78, 5) is 11.8. The highest BCUT2D eigenvalue weighted by atomic mass is 79.9. The van der Waals surface area contributed by atoms with Crippen molar-refractivity contribution in [2.45, 2.75) is 24.1 Å². The number of halogens is 1. The first-order chi connectivity index (χ1) is 10.9. The van der Waals surface area contributed by atoms with Gasteiger partial charge < -0.3 is 4.42 Å². The number of rotatable bonds is 5. The Kier molecular flexibility index (Phi) is 4.35. The summed E-state index contributed by atoms with van der Waals surface area (Å²) in [6.45, 7) is 2.52. The van der Waals surface area contributed by atoms with Gasteiger partial charge in [-0.05, 0) is 46.6 Å². The van der Waals surface area contributed by atoms with Gasteiger partial charge in [-0.15, -0.1) is 11.3 Å². The molecule has 0 spiro atoms. The molecule has 0 aliphatic rings. The molecule has 2 aromatic heterocycles. The van der Waals surface area contributed by atoms with Gasteiger partial charge in [0.25, 0.3) is 10.0 Å². The number of hydrogen-bond donors (Lipinski definition) is 1. The number of nitrogens with zero attached hydrogens (tertiary/aromatic N) is 1. The lowest BCUT2D eigenvalue weighted by Crippen LogP contribution is -2.13. The molecule has 122 valence electrons. The lowest BCUT2D eigenvalue weighted by Gasteiger charge is -2.06. The SMILES string of the molecule is CCCn1c(=O)oc2cc(NS(=O)(=O)c3ccc(Br)s3)ccc21. The lowest BCUT2D eigenvalue weighted by molar-refractivity contribution is 0.502. The first-order valence-corrected chi connectivity index (χ1v) is 9.91. The Labute approximate surface area is 144 Å². The molecule has 2 heterocycles. The van der Waals surface area contributed by atoms with Crippen molar-refractivity contribution >= 4 is 54.1 Å². The number of oxazole rings is 1. The number of thiophene rings is 1. The first kappa shape index (κ1) is 16.3. The number of aromatic nitrogens is 1. The largest absolute Gasteiger partial charge is 0.419 e. The molecule has 6 nitrogen and oxygen atoms in total. The maximum Gasteiger partial charge on any atom is 0.419 e. The fraction of sp³-hybridized carbons (Fsp3) is 0.214. The van der Waals surface area contributed by atoms with Gasteiger partial charge in [0.15, 0.2) is 5.58 Å². The van der Waals surface area contributed by atoms with E-state index in [4.69, 9.17) is 4.42 Å². The van der Waals surface area contributed by atoms with Crippen LogP contribution >= 0.6 is 27.3 Å². The molecular weight excluding hydrogens is 404 g/mol. The van der Waals surface area contributed by atoms with E-state index in [1.54, 1.807) is 18.2 Å². The Hall–Kier alpha value is -1.58. The van der Waals surface area contributed by atoms with Crippen molar-refractivity contribution in [3.8, 4) is 0 Å². The number of nitrogens with one attached hydrogen (secondary N) is 1. The van der Waals surface area contributed by atoms with Crippen molar-refractivity contribution < 1.29 is 12.8 Å². The molecule has 0 radical (unpaired) electrons. The summed E-state index contributed by atoms with van der Waals surface area (Å²) in [7, 11) is -3.66. The van der Waals surface area contributed by atoms with E-state index in [0.717, 1.165) is 21.5 Å². The van der Waals surface area contributed by atoms with Gasteiger partial charge in [0.2, 0.25) is 0 Å². The Morgan fingerprint density at radius 3 is 2.74 bits per heavy atom. The van der Waals surface area contributed by atoms with Gasteiger partial charge in [-0.3, -0.25) is 9.29 Å². The van der Waals surface area contributed by atoms with E-state index in [9.17, 15) is 13.2 Å². The monoisotopic (exact) mass is 416 g/mol. The molecule has 1 aromatic carbocycles. The summed E-state index contributed by atoms with van der Waals surface area (Å²) in [5.41, 5.74) is 1.36. The second-order valence-corrected chi connectivity index (χ2v) is 9.24. The summed E-state index contributed by atoms with van der Waals surface area (Å²) in [6, 6.07) is 8.00. The van der Waals surface area contributed by atoms with Crippen LogP contribution in [-0.2, 0) is 16.6 Å². The zero-order chi connectivity index (χ0) is 16.6. The molecule has 0 amide bonds. The third-order valence-corrected chi connectivity index (χ3v) is 6.68. The van der Waals surface area contributed by atoms with E-state index in [1.807, 2.05) is 6.92 Å². The normalized spacial score (nSPS) is 11.9. The maximum atomic E-state index is 12.3. The van der Waals surface area contributed by atoms with Crippen LogP contribution in [0, 0.1) is 0 Å². The summed E-state index contributed by atoms with van der Waals surface area (Å²) < 4.78 is 34.8. The standard InChI is InChI=1S/C14H13BrN2O4S2/c1-2-7-17-10-4-3-9(8-11(10)21-14(17)18)16-23(19,20)13-6-5-12(15)22-13/h3-6,8,16H,2,7H2,1H3. The highest BCUT2D eigenvalue weighted by molar-refractivity contribution is 9.11. The van der Waals surface area contributed by atoms with Crippen molar-refractivity contribution in [1.29, 1.82) is 0 Å². The fourth-order valence-electron chi connectivity index (χ4n) is 2.21. The minimum atomic E-state index is -3.66. The lowest BCUT2D eigenvalue weighted by atomic mass is 10.3. The quantitative estimate of drug-likeness (QED) is 0.688. The second kappa shape index (κ2) is 6.14. The van der Waals surface area contributed by atoms with Crippen LogP contribution < -0.4 is 10.5 Å². The molecule has 3 rings (SSSR count). The number of benzene rings is 1. The Morgan fingerprint density at radius 2 is 2.09 bits per heavy atom. The molecule has 1 N–H and O–H groups in total.